The number of hydrogen-bond acceptors (Lipinski definition) is 4. The molecule has 2 rings (SSSR count). The van der Waals surface area contributed by atoms with Crippen LogP contribution in [0.25, 0.3) is 0 Å². The topological polar surface area (TPSA) is 72.2 Å². The zero-order valence-corrected chi connectivity index (χ0v) is 13.4. The minimum absolute atomic E-state index is 0.0404. The Balaban J connectivity index is 1.91. The number of nitrogens with zero attached hydrogens (tertiary/aromatic N) is 1. The van der Waals surface area contributed by atoms with Crippen molar-refractivity contribution in [3.63, 3.8) is 0 Å². The number of Topliss-reactive ketones (excluding diaryl/α,β-unsaturated/α-hetero) is 1. The number of carbonyl (C=O) groups excluding carboxylic acids is 2. The Hall–Kier alpha value is -2.50. The van der Waals surface area contributed by atoms with E-state index in [0.29, 0.717) is 12.3 Å². The zero-order valence-electron chi connectivity index (χ0n) is 13.4. The Morgan fingerprint density at radius 3 is 2.70 bits per heavy atom. The minimum Gasteiger partial charge on any atom is -0.361 e. The summed E-state index contributed by atoms with van der Waals surface area (Å²) in [7, 11) is 0. The van der Waals surface area contributed by atoms with Crippen molar-refractivity contribution in [1.29, 1.82) is 0 Å². The van der Waals surface area contributed by atoms with Crippen LogP contribution in [0.5, 0.6) is 0 Å². The Bertz CT molecular complexity index is 705. The SMILES string of the molecule is Cc1noc(C)c1CNC(=O)C[C@@H](C)C(=O)c1cccc(F)c1. The van der Waals surface area contributed by atoms with Crippen molar-refractivity contribution in [1.82, 2.24) is 10.5 Å². The molecule has 2 aromatic rings. The zero-order chi connectivity index (χ0) is 17.0. The number of rotatable bonds is 6. The van der Waals surface area contributed by atoms with Crippen LogP contribution < -0.4 is 5.32 Å². The molecule has 1 N–H and O–H groups in total. The molecular formula is C17H19FN2O3. The molecule has 0 bridgehead atoms. The molecule has 0 spiro atoms. The summed E-state index contributed by atoms with van der Waals surface area (Å²) in [5.41, 5.74) is 1.84. The van der Waals surface area contributed by atoms with E-state index in [1.165, 1.54) is 18.2 Å². The van der Waals surface area contributed by atoms with E-state index < -0.39 is 11.7 Å². The van der Waals surface area contributed by atoms with E-state index in [1.807, 2.05) is 0 Å². The maximum Gasteiger partial charge on any atom is 0.220 e. The molecule has 1 aromatic carbocycles. The number of aryl methyl sites for hydroxylation is 2. The number of carbonyl (C=O) groups is 2. The molecule has 0 fully saturated rings. The molecule has 122 valence electrons. The third-order valence-corrected chi connectivity index (χ3v) is 3.69. The van der Waals surface area contributed by atoms with Gasteiger partial charge >= 0.3 is 0 Å². The summed E-state index contributed by atoms with van der Waals surface area (Å²) in [6, 6.07) is 5.48. The lowest BCUT2D eigenvalue weighted by Crippen LogP contribution is -2.27. The molecule has 5 nitrogen and oxygen atoms in total. The highest BCUT2D eigenvalue weighted by Crippen LogP contribution is 2.15. The predicted molar refractivity (Wildman–Crippen MR) is 82.3 cm³/mol. The van der Waals surface area contributed by atoms with E-state index in [9.17, 15) is 14.0 Å². The summed E-state index contributed by atoms with van der Waals surface area (Å²) in [4.78, 5) is 24.2. The van der Waals surface area contributed by atoms with Crippen LogP contribution in [0.15, 0.2) is 28.8 Å². The van der Waals surface area contributed by atoms with Crippen molar-refractivity contribution >= 4 is 11.7 Å². The monoisotopic (exact) mass is 318 g/mol. The molecular weight excluding hydrogens is 299 g/mol. The molecule has 0 aliphatic rings. The average molecular weight is 318 g/mol. The van der Waals surface area contributed by atoms with Gasteiger partial charge in [0.1, 0.15) is 11.6 Å². The van der Waals surface area contributed by atoms with Crippen LogP contribution in [-0.2, 0) is 11.3 Å². The fraction of sp³-hybridized carbons (Fsp3) is 0.353. The fourth-order valence-corrected chi connectivity index (χ4v) is 2.31. The molecule has 23 heavy (non-hydrogen) atoms. The second kappa shape index (κ2) is 7.17. The van der Waals surface area contributed by atoms with Crippen molar-refractivity contribution in [2.45, 2.75) is 33.7 Å². The first kappa shape index (κ1) is 16.9. The third-order valence-electron chi connectivity index (χ3n) is 3.69. The maximum absolute atomic E-state index is 13.2. The van der Waals surface area contributed by atoms with Gasteiger partial charge in [-0.05, 0) is 26.0 Å². The van der Waals surface area contributed by atoms with Crippen LogP contribution in [0, 0.1) is 25.6 Å². The number of aromatic nitrogens is 1. The highest BCUT2D eigenvalue weighted by atomic mass is 19.1. The second-order valence-corrected chi connectivity index (χ2v) is 5.56. The first-order valence-corrected chi connectivity index (χ1v) is 7.36. The van der Waals surface area contributed by atoms with Gasteiger partial charge in [-0.1, -0.05) is 24.2 Å². The van der Waals surface area contributed by atoms with E-state index in [1.54, 1.807) is 26.8 Å². The molecule has 1 atom stereocenters. The lowest BCUT2D eigenvalue weighted by Gasteiger charge is -2.11. The normalized spacial score (nSPS) is 12.0. The molecule has 0 saturated carbocycles. The molecule has 1 heterocycles. The van der Waals surface area contributed by atoms with E-state index in [4.69, 9.17) is 4.52 Å². The first-order chi connectivity index (χ1) is 10.9. The van der Waals surface area contributed by atoms with Crippen molar-refractivity contribution in [3.8, 4) is 0 Å². The molecule has 6 heteroatoms. The molecule has 1 amide bonds. The summed E-state index contributed by atoms with van der Waals surface area (Å²) >= 11 is 0. The van der Waals surface area contributed by atoms with Crippen LogP contribution >= 0.6 is 0 Å². The Morgan fingerprint density at radius 2 is 2.09 bits per heavy atom. The van der Waals surface area contributed by atoms with Gasteiger partial charge in [-0.25, -0.2) is 4.39 Å². The minimum atomic E-state index is -0.526. The van der Waals surface area contributed by atoms with Crippen molar-refractivity contribution in [2.75, 3.05) is 0 Å². The van der Waals surface area contributed by atoms with Gasteiger partial charge in [0.05, 0.1) is 5.69 Å². The number of halogens is 1. The summed E-state index contributed by atoms with van der Waals surface area (Å²) in [6.07, 6.45) is 0.0404. The highest BCUT2D eigenvalue weighted by molar-refractivity contribution is 5.99. The van der Waals surface area contributed by atoms with Crippen molar-refractivity contribution < 1.29 is 18.5 Å². The standard InChI is InChI=1S/C17H19FN2O3/c1-10(17(22)13-5-4-6-14(18)8-13)7-16(21)19-9-15-11(2)20-23-12(15)3/h4-6,8,10H,7,9H2,1-3H3,(H,19,21)/t10-/m1/s1. The van der Waals surface area contributed by atoms with Crippen molar-refractivity contribution in [2.24, 2.45) is 5.92 Å². The molecule has 0 radical (unpaired) electrons. The summed E-state index contributed by atoms with van der Waals surface area (Å²) in [5.74, 6) is -0.835. The van der Waals surface area contributed by atoms with E-state index >= 15 is 0 Å². The highest BCUT2D eigenvalue weighted by Gasteiger charge is 2.19. The summed E-state index contributed by atoms with van der Waals surface area (Å²) < 4.78 is 18.2. The van der Waals surface area contributed by atoms with Crippen LogP contribution in [-0.4, -0.2) is 16.8 Å². The van der Waals surface area contributed by atoms with Gasteiger partial charge in [-0.3, -0.25) is 9.59 Å². The quantitative estimate of drug-likeness (QED) is 0.831. The largest absolute Gasteiger partial charge is 0.361 e. The lowest BCUT2D eigenvalue weighted by atomic mass is 9.96. The van der Waals surface area contributed by atoms with Gasteiger partial charge < -0.3 is 9.84 Å². The van der Waals surface area contributed by atoms with Crippen LogP contribution in [0.3, 0.4) is 0 Å². The number of ketones is 1. The van der Waals surface area contributed by atoms with Gasteiger partial charge in [0.2, 0.25) is 5.91 Å². The molecule has 0 aliphatic carbocycles. The van der Waals surface area contributed by atoms with Crippen LogP contribution in [0.4, 0.5) is 4.39 Å². The number of benzene rings is 1. The van der Waals surface area contributed by atoms with Crippen molar-refractivity contribution in [3.05, 3.63) is 52.7 Å². The molecule has 0 saturated heterocycles. The first-order valence-electron chi connectivity index (χ1n) is 7.36. The van der Waals surface area contributed by atoms with Gasteiger partial charge in [0.15, 0.2) is 5.78 Å². The number of amides is 1. The lowest BCUT2D eigenvalue weighted by molar-refractivity contribution is -0.121. The second-order valence-electron chi connectivity index (χ2n) is 5.56. The predicted octanol–water partition coefficient (Wildman–Crippen LogP) is 2.96. The molecule has 0 unspecified atom stereocenters. The Kier molecular flexibility index (Phi) is 5.26. The Labute approximate surface area is 133 Å². The maximum atomic E-state index is 13.2. The smallest absolute Gasteiger partial charge is 0.220 e. The van der Waals surface area contributed by atoms with E-state index in [2.05, 4.69) is 10.5 Å². The number of hydrogen-bond donors (Lipinski definition) is 1. The van der Waals surface area contributed by atoms with E-state index in [0.717, 1.165) is 11.3 Å². The molecule has 0 aliphatic heterocycles. The van der Waals surface area contributed by atoms with Crippen LogP contribution in [0.1, 0.15) is 40.7 Å². The average Bonchev–Trinajstić information content (AvgIpc) is 2.83. The van der Waals surface area contributed by atoms with Crippen LogP contribution in [0.2, 0.25) is 0 Å². The fourth-order valence-electron chi connectivity index (χ4n) is 2.31. The van der Waals surface area contributed by atoms with Gasteiger partial charge in [-0.15, -0.1) is 0 Å². The van der Waals surface area contributed by atoms with Gasteiger partial charge in [0.25, 0.3) is 0 Å². The van der Waals surface area contributed by atoms with Gasteiger partial charge in [-0.2, -0.15) is 0 Å². The summed E-state index contributed by atoms with van der Waals surface area (Å²) in [6.45, 7) is 5.54. The Morgan fingerprint density at radius 1 is 1.35 bits per heavy atom. The molecule has 1 aromatic heterocycles. The van der Waals surface area contributed by atoms with E-state index in [-0.39, 0.29) is 23.7 Å². The van der Waals surface area contributed by atoms with Gasteiger partial charge in [0, 0.05) is 30.0 Å². The summed E-state index contributed by atoms with van der Waals surface area (Å²) in [5, 5.41) is 6.57. The third kappa shape index (κ3) is 4.25. The number of nitrogens with one attached hydrogen (secondary N) is 1.